The Bertz CT molecular complexity index is 1170. The van der Waals surface area contributed by atoms with Crippen LogP contribution in [0.25, 0.3) is 6.08 Å². The lowest BCUT2D eigenvalue weighted by molar-refractivity contribution is -0.129. The van der Waals surface area contributed by atoms with Gasteiger partial charge >= 0.3 is 5.97 Å². The van der Waals surface area contributed by atoms with Gasteiger partial charge in [-0.05, 0) is 60.5 Å². The van der Waals surface area contributed by atoms with Gasteiger partial charge in [-0.2, -0.15) is 0 Å². The Morgan fingerprint density at radius 1 is 1.00 bits per heavy atom. The molecule has 4 rings (SSSR count). The lowest BCUT2D eigenvalue weighted by Gasteiger charge is -2.11. The second-order valence-electron chi connectivity index (χ2n) is 7.03. The molecule has 1 aliphatic rings. The van der Waals surface area contributed by atoms with Gasteiger partial charge < -0.3 is 14.2 Å². The van der Waals surface area contributed by atoms with Crippen molar-refractivity contribution in [2.24, 2.45) is 4.99 Å². The topological polar surface area (TPSA) is 57.1 Å². The van der Waals surface area contributed by atoms with Crippen molar-refractivity contribution in [3.8, 4) is 11.5 Å². The first-order valence-corrected chi connectivity index (χ1v) is 9.67. The normalized spacial score (nSPS) is 14.4. The van der Waals surface area contributed by atoms with Gasteiger partial charge in [0.15, 0.2) is 17.2 Å². The first-order valence-electron chi connectivity index (χ1n) is 9.67. The molecule has 0 atom stereocenters. The minimum absolute atomic E-state index is 0.206. The van der Waals surface area contributed by atoms with Crippen LogP contribution in [-0.2, 0) is 16.1 Å². The largest absolute Gasteiger partial charge is 0.493 e. The Balaban J connectivity index is 1.52. The molecule has 0 spiro atoms. The quantitative estimate of drug-likeness (QED) is 0.415. The number of cyclic esters (lactones) is 1. The number of esters is 1. The summed E-state index contributed by atoms with van der Waals surface area (Å²) in [6.45, 7) is 2.26. The average Bonchev–Trinajstić information content (AvgIpc) is 3.14. The van der Waals surface area contributed by atoms with E-state index in [-0.39, 0.29) is 24.0 Å². The number of benzene rings is 3. The Morgan fingerprint density at radius 3 is 2.45 bits per heavy atom. The molecule has 6 heteroatoms. The monoisotopic (exact) mass is 417 g/mol. The molecule has 156 valence electrons. The first kappa shape index (κ1) is 20.3. The zero-order chi connectivity index (χ0) is 21.8. The van der Waals surface area contributed by atoms with Crippen LogP contribution in [-0.4, -0.2) is 19.0 Å². The van der Waals surface area contributed by atoms with Crippen LogP contribution in [0.1, 0.15) is 22.3 Å². The van der Waals surface area contributed by atoms with E-state index in [0.29, 0.717) is 17.1 Å². The summed E-state index contributed by atoms with van der Waals surface area (Å²) in [6.07, 6.45) is 1.63. The highest BCUT2D eigenvalue weighted by Gasteiger charge is 2.24. The molecule has 0 bridgehead atoms. The summed E-state index contributed by atoms with van der Waals surface area (Å²) in [5, 5.41) is 0. The summed E-state index contributed by atoms with van der Waals surface area (Å²) < 4.78 is 29.6. The Labute approximate surface area is 179 Å². The molecule has 0 fully saturated rings. The second kappa shape index (κ2) is 8.83. The third-order valence-electron chi connectivity index (χ3n) is 4.72. The lowest BCUT2D eigenvalue weighted by Crippen LogP contribution is -2.05. The summed E-state index contributed by atoms with van der Waals surface area (Å²) >= 11 is 0. The molecule has 5 nitrogen and oxygen atoms in total. The molecule has 3 aromatic rings. The van der Waals surface area contributed by atoms with E-state index in [4.69, 9.17) is 14.2 Å². The highest BCUT2D eigenvalue weighted by Crippen LogP contribution is 2.30. The summed E-state index contributed by atoms with van der Waals surface area (Å²) in [4.78, 5) is 16.6. The molecule has 0 saturated heterocycles. The van der Waals surface area contributed by atoms with E-state index in [0.717, 1.165) is 16.7 Å². The molecule has 1 heterocycles. The van der Waals surface area contributed by atoms with Crippen LogP contribution in [0.4, 0.5) is 4.39 Å². The maximum Gasteiger partial charge on any atom is 0.363 e. The van der Waals surface area contributed by atoms with E-state index in [2.05, 4.69) is 4.99 Å². The zero-order valence-electron chi connectivity index (χ0n) is 17.1. The van der Waals surface area contributed by atoms with Crippen molar-refractivity contribution in [2.45, 2.75) is 13.5 Å². The van der Waals surface area contributed by atoms with E-state index in [9.17, 15) is 9.18 Å². The molecular weight excluding hydrogens is 397 g/mol. The first-order chi connectivity index (χ1) is 15.0. The van der Waals surface area contributed by atoms with E-state index < -0.39 is 5.97 Å². The molecule has 0 aromatic heterocycles. The standard InChI is InChI=1S/C25H20FNO4/c1-16-3-8-19(9-4-16)24-27-21(25(28)31-24)13-18-7-12-22(23(14-18)29-2)30-15-17-5-10-20(26)11-6-17/h3-14H,15H2,1-2H3/b21-13-. The number of hydrogen-bond acceptors (Lipinski definition) is 5. The minimum Gasteiger partial charge on any atom is -0.493 e. The minimum atomic E-state index is -0.508. The van der Waals surface area contributed by atoms with E-state index in [1.54, 1.807) is 36.4 Å². The zero-order valence-corrected chi connectivity index (χ0v) is 17.1. The molecule has 0 unspecified atom stereocenters. The summed E-state index contributed by atoms with van der Waals surface area (Å²) in [5.74, 6) is 0.517. The molecule has 3 aromatic carbocycles. The number of aliphatic imine (C=N–C) groups is 1. The predicted molar refractivity (Wildman–Crippen MR) is 116 cm³/mol. The number of hydrogen-bond donors (Lipinski definition) is 0. The average molecular weight is 417 g/mol. The highest BCUT2D eigenvalue weighted by atomic mass is 19.1. The van der Waals surface area contributed by atoms with E-state index in [1.807, 2.05) is 31.2 Å². The Hall–Kier alpha value is -3.93. The molecule has 0 radical (unpaired) electrons. The molecular formula is C25H20FNO4. The molecule has 0 saturated carbocycles. The van der Waals surface area contributed by atoms with Gasteiger partial charge in [0.1, 0.15) is 12.4 Å². The predicted octanol–water partition coefficient (Wildman–Crippen LogP) is 5.07. The number of ether oxygens (including phenoxy) is 3. The van der Waals surface area contributed by atoms with Gasteiger partial charge in [-0.25, -0.2) is 14.2 Å². The van der Waals surface area contributed by atoms with Crippen molar-refractivity contribution in [3.05, 3.63) is 100 Å². The van der Waals surface area contributed by atoms with Crippen LogP contribution < -0.4 is 9.47 Å². The van der Waals surface area contributed by atoms with Crippen molar-refractivity contribution in [1.29, 1.82) is 0 Å². The molecule has 0 aliphatic carbocycles. The molecule has 31 heavy (non-hydrogen) atoms. The van der Waals surface area contributed by atoms with Crippen molar-refractivity contribution in [1.82, 2.24) is 0 Å². The van der Waals surface area contributed by atoms with Crippen LogP contribution >= 0.6 is 0 Å². The fraction of sp³-hybridized carbons (Fsp3) is 0.120. The summed E-state index contributed by atoms with van der Waals surface area (Å²) in [7, 11) is 1.54. The number of rotatable bonds is 6. The number of carbonyl (C=O) groups is 1. The van der Waals surface area contributed by atoms with E-state index >= 15 is 0 Å². The van der Waals surface area contributed by atoms with Crippen LogP contribution in [0.2, 0.25) is 0 Å². The van der Waals surface area contributed by atoms with Gasteiger partial charge in [0.2, 0.25) is 5.90 Å². The molecule has 1 aliphatic heterocycles. The highest BCUT2D eigenvalue weighted by molar-refractivity contribution is 6.12. The Kier molecular flexibility index (Phi) is 5.80. The third-order valence-corrected chi connectivity index (χ3v) is 4.72. The SMILES string of the molecule is COc1cc(/C=C2\N=C(c3ccc(C)cc3)OC2=O)ccc1OCc1ccc(F)cc1. The van der Waals surface area contributed by atoms with Crippen LogP contribution in [0.15, 0.2) is 77.4 Å². The van der Waals surface area contributed by atoms with Gasteiger partial charge in [0.25, 0.3) is 0 Å². The van der Waals surface area contributed by atoms with Crippen LogP contribution in [0.3, 0.4) is 0 Å². The molecule has 0 amide bonds. The second-order valence-corrected chi connectivity index (χ2v) is 7.03. The van der Waals surface area contributed by atoms with E-state index in [1.165, 1.54) is 19.2 Å². The summed E-state index contributed by atoms with van der Waals surface area (Å²) in [5.41, 5.74) is 3.61. The number of halogens is 1. The van der Waals surface area contributed by atoms with Crippen molar-refractivity contribution in [2.75, 3.05) is 7.11 Å². The smallest absolute Gasteiger partial charge is 0.363 e. The van der Waals surface area contributed by atoms with Gasteiger partial charge in [-0.1, -0.05) is 35.9 Å². The fourth-order valence-electron chi connectivity index (χ4n) is 3.02. The van der Waals surface area contributed by atoms with Gasteiger partial charge in [-0.3, -0.25) is 0 Å². The van der Waals surface area contributed by atoms with Crippen molar-refractivity contribution < 1.29 is 23.4 Å². The van der Waals surface area contributed by atoms with Gasteiger partial charge in [-0.15, -0.1) is 0 Å². The fourth-order valence-corrected chi connectivity index (χ4v) is 3.02. The van der Waals surface area contributed by atoms with Crippen molar-refractivity contribution >= 4 is 17.9 Å². The van der Waals surface area contributed by atoms with Crippen LogP contribution in [0.5, 0.6) is 11.5 Å². The number of carbonyl (C=O) groups excluding carboxylic acids is 1. The number of methoxy groups -OCH3 is 1. The lowest BCUT2D eigenvalue weighted by atomic mass is 10.1. The van der Waals surface area contributed by atoms with Crippen LogP contribution in [0, 0.1) is 12.7 Å². The van der Waals surface area contributed by atoms with Gasteiger partial charge in [0, 0.05) is 5.56 Å². The number of aryl methyl sites for hydroxylation is 1. The molecule has 0 N–H and O–H groups in total. The third kappa shape index (κ3) is 4.80. The summed E-state index contributed by atoms with van der Waals surface area (Å²) in [6, 6.07) is 19.0. The van der Waals surface area contributed by atoms with Crippen molar-refractivity contribution in [3.63, 3.8) is 0 Å². The van der Waals surface area contributed by atoms with Gasteiger partial charge in [0.05, 0.1) is 7.11 Å². The number of nitrogens with zero attached hydrogens (tertiary/aromatic N) is 1. The maximum absolute atomic E-state index is 13.0. The maximum atomic E-state index is 13.0. The Morgan fingerprint density at radius 2 is 1.74 bits per heavy atom.